The molecule has 6 heteroatoms. The van der Waals surface area contributed by atoms with Crippen LogP contribution in [0.25, 0.3) is 0 Å². The fourth-order valence-corrected chi connectivity index (χ4v) is 0.937. The van der Waals surface area contributed by atoms with Gasteiger partial charge in [-0.3, -0.25) is 4.89 Å². The van der Waals surface area contributed by atoms with Crippen LogP contribution in [0.2, 0.25) is 0 Å². The maximum absolute atomic E-state index is 11.0. The van der Waals surface area contributed by atoms with Crippen molar-refractivity contribution in [1.82, 2.24) is 0 Å². The van der Waals surface area contributed by atoms with Gasteiger partial charge in [-0.05, 0) is 19.3 Å². The zero-order valence-electron chi connectivity index (χ0n) is 9.44. The van der Waals surface area contributed by atoms with Crippen LogP contribution in [-0.4, -0.2) is 23.8 Å². The van der Waals surface area contributed by atoms with E-state index in [0.29, 0.717) is 19.4 Å². The molecule has 0 unspecified atom stereocenters. The van der Waals surface area contributed by atoms with Crippen molar-refractivity contribution in [3.63, 3.8) is 0 Å². The normalized spacial score (nSPS) is 9.88. The fourth-order valence-electron chi connectivity index (χ4n) is 0.937. The Bertz CT molecular complexity index is 203. The molecule has 0 bridgehead atoms. The van der Waals surface area contributed by atoms with Crippen molar-refractivity contribution in [2.24, 2.45) is 0 Å². The molecular formula is C10H18O6. The van der Waals surface area contributed by atoms with E-state index in [9.17, 15) is 9.59 Å². The Kier molecular flexibility index (Phi) is 9.64. The summed E-state index contributed by atoms with van der Waals surface area (Å²) in [6, 6.07) is 0. The van der Waals surface area contributed by atoms with E-state index < -0.39 is 11.9 Å². The zero-order chi connectivity index (χ0) is 12.2. The minimum atomic E-state index is -0.701. The molecule has 0 saturated heterocycles. The van der Waals surface area contributed by atoms with Crippen LogP contribution in [0.4, 0.5) is 0 Å². The summed E-state index contributed by atoms with van der Waals surface area (Å²) in [7, 11) is 0. The van der Waals surface area contributed by atoms with Crippen molar-refractivity contribution in [3.8, 4) is 0 Å². The first-order chi connectivity index (χ1) is 7.70. The molecule has 0 aromatic carbocycles. The van der Waals surface area contributed by atoms with Gasteiger partial charge in [0, 0.05) is 12.8 Å². The van der Waals surface area contributed by atoms with E-state index in [1.54, 1.807) is 0 Å². The Morgan fingerprint density at radius 1 is 1.06 bits per heavy atom. The van der Waals surface area contributed by atoms with E-state index in [-0.39, 0.29) is 12.8 Å². The van der Waals surface area contributed by atoms with Crippen molar-refractivity contribution in [2.45, 2.75) is 45.4 Å². The van der Waals surface area contributed by atoms with E-state index in [1.165, 1.54) is 0 Å². The average molecular weight is 234 g/mol. The van der Waals surface area contributed by atoms with Gasteiger partial charge in [-0.15, -0.1) is 0 Å². The predicted octanol–water partition coefficient (Wildman–Crippen LogP) is 1.84. The molecule has 0 aromatic rings. The smallest absolute Gasteiger partial charge is 0.301 e. The van der Waals surface area contributed by atoms with E-state index in [2.05, 4.69) is 14.7 Å². The van der Waals surface area contributed by atoms with Crippen LogP contribution >= 0.6 is 0 Å². The molecule has 6 nitrogen and oxygen atoms in total. The van der Waals surface area contributed by atoms with Crippen LogP contribution in [0.1, 0.15) is 45.4 Å². The highest BCUT2D eigenvalue weighted by Crippen LogP contribution is 2.02. The maximum Gasteiger partial charge on any atom is 0.342 e. The molecule has 0 aliphatic rings. The van der Waals surface area contributed by atoms with Gasteiger partial charge in [0.2, 0.25) is 0 Å². The van der Waals surface area contributed by atoms with Gasteiger partial charge < -0.3 is 4.89 Å². The topological polar surface area (TPSA) is 82.1 Å². The van der Waals surface area contributed by atoms with Crippen molar-refractivity contribution in [2.75, 3.05) is 6.61 Å². The quantitative estimate of drug-likeness (QED) is 0.372. The summed E-state index contributed by atoms with van der Waals surface area (Å²) in [4.78, 5) is 34.1. The predicted molar refractivity (Wildman–Crippen MR) is 54.1 cm³/mol. The summed E-state index contributed by atoms with van der Waals surface area (Å²) in [5.74, 6) is -1.15. The number of unbranched alkanes of at least 4 members (excludes halogenated alkanes) is 2. The Labute approximate surface area is 94.3 Å². The van der Waals surface area contributed by atoms with Crippen LogP contribution < -0.4 is 0 Å². The molecule has 0 amide bonds. The molecule has 0 aliphatic carbocycles. The number of carbonyl (C=O) groups is 2. The first kappa shape index (κ1) is 14.9. The van der Waals surface area contributed by atoms with Gasteiger partial charge in [0.25, 0.3) is 0 Å². The molecule has 0 aliphatic heterocycles. The first-order valence-electron chi connectivity index (χ1n) is 5.37. The van der Waals surface area contributed by atoms with Gasteiger partial charge in [-0.25, -0.2) is 9.59 Å². The Morgan fingerprint density at radius 2 is 1.69 bits per heavy atom. The lowest BCUT2D eigenvalue weighted by Crippen LogP contribution is -2.07. The molecule has 1 N–H and O–H groups in total. The highest BCUT2D eigenvalue weighted by molar-refractivity contribution is 5.69. The number of hydrogen-bond donors (Lipinski definition) is 1. The number of rotatable bonds is 9. The molecule has 0 rings (SSSR count). The Morgan fingerprint density at radius 3 is 2.25 bits per heavy atom. The SMILES string of the molecule is CCCCOOC(=O)CCCCC(=O)OO. The van der Waals surface area contributed by atoms with Gasteiger partial charge in [-0.1, -0.05) is 13.3 Å². The molecule has 0 spiro atoms. The fraction of sp³-hybridized carbons (Fsp3) is 0.800. The van der Waals surface area contributed by atoms with Crippen molar-refractivity contribution in [1.29, 1.82) is 0 Å². The van der Waals surface area contributed by atoms with E-state index in [0.717, 1.165) is 12.8 Å². The third kappa shape index (κ3) is 9.42. The van der Waals surface area contributed by atoms with Gasteiger partial charge in [-0.2, -0.15) is 10.1 Å². The lowest BCUT2D eigenvalue weighted by atomic mass is 10.2. The van der Waals surface area contributed by atoms with E-state index in [1.807, 2.05) is 6.92 Å². The van der Waals surface area contributed by atoms with Crippen LogP contribution in [0.3, 0.4) is 0 Å². The second-order valence-electron chi connectivity index (χ2n) is 3.30. The van der Waals surface area contributed by atoms with Crippen LogP contribution in [0.5, 0.6) is 0 Å². The highest BCUT2D eigenvalue weighted by atomic mass is 17.2. The third-order valence-electron chi connectivity index (χ3n) is 1.85. The summed E-state index contributed by atoms with van der Waals surface area (Å²) in [5, 5.41) is 7.95. The van der Waals surface area contributed by atoms with Gasteiger partial charge in [0.05, 0.1) is 6.61 Å². The van der Waals surface area contributed by atoms with Crippen molar-refractivity contribution in [3.05, 3.63) is 0 Å². The Balaban J connectivity index is 3.27. The molecule has 94 valence electrons. The zero-order valence-corrected chi connectivity index (χ0v) is 9.44. The van der Waals surface area contributed by atoms with E-state index >= 15 is 0 Å². The molecule has 0 heterocycles. The molecule has 0 radical (unpaired) electrons. The number of hydrogen-bond acceptors (Lipinski definition) is 6. The molecular weight excluding hydrogens is 216 g/mol. The van der Waals surface area contributed by atoms with Crippen LogP contribution in [0.15, 0.2) is 0 Å². The summed E-state index contributed by atoms with van der Waals surface area (Å²) < 4.78 is 0. The maximum atomic E-state index is 11.0. The monoisotopic (exact) mass is 234 g/mol. The van der Waals surface area contributed by atoms with Crippen molar-refractivity contribution < 1.29 is 29.5 Å². The summed E-state index contributed by atoms with van der Waals surface area (Å²) in [5.41, 5.74) is 0. The largest absolute Gasteiger partial charge is 0.342 e. The second-order valence-corrected chi connectivity index (χ2v) is 3.30. The molecule has 0 aromatic heterocycles. The third-order valence-corrected chi connectivity index (χ3v) is 1.85. The lowest BCUT2D eigenvalue weighted by molar-refractivity contribution is -0.272. The standard InChI is InChI=1S/C10H18O6/c1-2-3-8-14-16-10(12)7-5-4-6-9(11)15-13/h13H,2-8H2,1H3. The Hall–Kier alpha value is -1.14. The average Bonchev–Trinajstić information content (AvgIpc) is 2.30. The van der Waals surface area contributed by atoms with Crippen molar-refractivity contribution >= 4 is 11.9 Å². The second kappa shape index (κ2) is 10.4. The number of carbonyl (C=O) groups excluding carboxylic acids is 2. The minimum absolute atomic E-state index is 0.0838. The van der Waals surface area contributed by atoms with Gasteiger partial charge >= 0.3 is 11.9 Å². The summed E-state index contributed by atoms with van der Waals surface area (Å²) >= 11 is 0. The van der Waals surface area contributed by atoms with Gasteiger partial charge in [0.1, 0.15) is 0 Å². The van der Waals surface area contributed by atoms with E-state index in [4.69, 9.17) is 5.26 Å². The summed E-state index contributed by atoms with van der Waals surface area (Å²) in [6.07, 6.45) is 3.04. The summed E-state index contributed by atoms with van der Waals surface area (Å²) in [6.45, 7) is 2.41. The molecule has 0 fully saturated rings. The van der Waals surface area contributed by atoms with Crippen LogP contribution in [0, 0.1) is 0 Å². The van der Waals surface area contributed by atoms with Gasteiger partial charge in [0.15, 0.2) is 0 Å². The molecule has 0 atom stereocenters. The molecule has 0 saturated carbocycles. The lowest BCUT2D eigenvalue weighted by Gasteiger charge is -2.02. The minimum Gasteiger partial charge on any atom is -0.301 e. The first-order valence-corrected chi connectivity index (χ1v) is 5.37. The molecule has 16 heavy (non-hydrogen) atoms. The van der Waals surface area contributed by atoms with Crippen LogP contribution in [-0.2, 0) is 24.3 Å². The highest BCUT2D eigenvalue weighted by Gasteiger charge is 2.06.